The van der Waals surface area contributed by atoms with Crippen molar-refractivity contribution in [2.75, 3.05) is 0 Å². The van der Waals surface area contributed by atoms with Gasteiger partial charge in [0.05, 0.1) is 0 Å². The monoisotopic (exact) mass is 93.0 g/mol. The second-order valence-corrected chi connectivity index (χ2v) is 1.13. The molecule has 0 heterocycles. The van der Waals surface area contributed by atoms with Crippen molar-refractivity contribution in [3.8, 4) is 0 Å². The minimum absolute atomic E-state index is 0.273. The molecule has 2 heteroatoms. The van der Waals surface area contributed by atoms with Gasteiger partial charge in [-0.2, -0.15) is 0 Å². The van der Waals surface area contributed by atoms with Crippen LogP contribution in [0.25, 0.3) is 0 Å². The summed E-state index contributed by atoms with van der Waals surface area (Å²) in [5.41, 5.74) is 0. The zero-order valence-corrected chi connectivity index (χ0v) is 3.75. The summed E-state index contributed by atoms with van der Waals surface area (Å²) in [6, 6.07) is 0. The Kier molecular flexibility index (Phi) is 2.19. The van der Waals surface area contributed by atoms with Gasteiger partial charge < -0.3 is 0 Å². The topological polar surface area (TPSA) is 17.1 Å². The maximum absolute atomic E-state index is 9.58. The third-order valence-electron chi connectivity index (χ3n) is 0.278. The maximum Gasteiger partial charge on any atom is 0.221 e. The van der Waals surface area contributed by atoms with Gasteiger partial charge >= 0.3 is 0 Å². The third kappa shape index (κ3) is 3.96. The largest absolute Gasteiger partial charge is 0.281 e. The van der Waals surface area contributed by atoms with E-state index in [0.29, 0.717) is 6.42 Å². The zero-order valence-electron chi connectivity index (χ0n) is 2.99. The van der Waals surface area contributed by atoms with Crippen LogP contribution in [0.2, 0.25) is 0 Å². The fraction of sp³-hybridized carbons (Fsp3) is 0.667. The van der Waals surface area contributed by atoms with Gasteiger partial charge in [0, 0.05) is 6.42 Å². The summed E-state index contributed by atoms with van der Waals surface area (Å²) in [5.74, 6) is 0. The van der Waals surface area contributed by atoms with Crippen LogP contribution < -0.4 is 0 Å². The van der Waals surface area contributed by atoms with E-state index in [2.05, 4.69) is 0 Å². The average Bonchev–Trinajstić information content (AvgIpc) is 1.38. The van der Waals surface area contributed by atoms with E-state index >= 15 is 0 Å². The highest BCUT2D eigenvalue weighted by Gasteiger charge is 1.81. The van der Waals surface area contributed by atoms with E-state index in [1.165, 1.54) is 0 Å². The number of hydrogen-bond acceptors (Lipinski definition) is 1. The maximum atomic E-state index is 9.58. The van der Waals surface area contributed by atoms with E-state index in [1.54, 1.807) is 6.92 Å². The summed E-state index contributed by atoms with van der Waals surface area (Å²) in [7, 11) is 0. The van der Waals surface area contributed by atoms with Crippen LogP contribution in [0.5, 0.6) is 0 Å². The molecular weight excluding hydrogens is 88.5 g/mol. The first-order chi connectivity index (χ1) is 2.27. The molecule has 0 atom stereocenters. The molecule has 0 aromatic carbocycles. The molecule has 30 valence electrons. The fourth-order valence-electron chi connectivity index (χ4n) is 0. The van der Waals surface area contributed by atoms with Gasteiger partial charge in [-0.25, -0.2) is 0 Å². The molecule has 0 aliphatic rings. The standard InChI is InChI=1S/C3H5ClO/c1-2-3(4)5/h2H2,1H3/i3+1. The van der Waals surface area contributed by atoms with Crippen molar-refractivity contribution in [1.29, 1.82) is 0 Å². The summed E-state index contributed by atoms with van der Waals surface area (Å²) in [6.07, 6.45) is 0.432. The molecule has 0 radical (unpaired) electrons. The lowest BCUT2D eigenvalue weighted by molar-refractivity contribution is -0.111. The molecule has 0 aliphatic heterocycles. The minimum atomic E-state index is -0.273. The lowest BCUT2D eigenvalue weighted by Crippen LogP contribution is -1.74. The van der Waals surface area contributed by atoms with Crippen molar-refractivity contribution in [3.05, 3.63) is 0 Å². The Hall–Kier alpha value is -0.0400. The molecule has 1 nitrogen and oxygen atoms in total. The van der Waals surface area contributed by atoms with Crippen LogP contribution in [-0.2, 0) is 4.79 Å². The van der Waals surface area contributed by atoms with Crippen molar-refractivity contribution < 1.29 is 4.79 Å². The molecule has 0 bridgehead atoms. The lowest BCUT2D eigenvalue weighted by atomic mass is 10.7. The lowest BCUT2D eigenvalue weighted by Gasteiger charge is -1.68. The Labute approximate surface area is 35.9 Å². The molecule has 0 saturated carbocycles. The first-order valence-electron chi connectivity index (χ1n) is 1.45. The summed E-state index contributed by atoms with van der Waals surface area (Å²) < 4.78 is 0. The van der Waals surface area contributed by atoms with Gasteiger partial charge in [0.2, 0.25) is 5.24 Å². The number of halogens is 1. The van der Waals surface area contributed by atoms with Crippen molar-refractivity contribution in [1.82, 2.24) is 0 Å². The SMILES string of the molecule is CC[13C](=O)Cl. The van der Waals surface area contributed by atoms with E-state index in [-0.39, 0.29) is 5.24 Å². The van der Waals surface area contributed by atoms with Crippen LogP contribution >= 0.6 is 11.6 Å². The van der Waals surface area contributed by atoms with Crippen LogP contribution in [0.4, 0.5) is 0 Å². The van der Waals surface area contributed by atoms with Crippen LogP contribution in [-0.4, -0.2) is 5.24 Å². The molecule has 0 saturated heterocycles. The minimum Gasteiger partial charge on any atom is -0.281 e. The van der Waals surface area contributed by atoms with Gasteiger partial charge in [-0.1, -0.05) is 6.92 Å². The van der Waals surface area contributed by atoms with E-state index in [9.17, 15) is 4.79 Å². The van der Waals surface area contributed by atoms with Crippen molar-refractivity contribution >= 4 is 16.8 Å². The summed E-state index contributed by atoms with van der Waals surface area (Å²) >= 11 is 4.82. The quantitative estimate of drug-likeness (QED) is 0.351. The average molecular weight is 93.5 g/mol. The van der Waals surface area contributed by atoms with Crippen LogP contribution in [0.1, 0.15) is 13.3 Å². The van der Waals surface area contributed by atoms with Crippen LogP contribution in [0, 0.1) is 0 Å². The Morgan fingerprint density at radius 1 is 2.00 bits per heavy atom. The summed E-state index contributed by atoms with van der Waals surface area (Å²) in [5, 5.41) is -0.273. The predicted molar refractivity (Wildman–Crippen MR) is 21.2 cm³/mol. The molecule has 0 fully saturated rings. The summed E-state index contributed by atoms with van der Waals surface area (Å²) in [6.45, 7) is 1.72. The van der Waals surface area contributed by atoms with Gasteiger partial charge in [-0.3, -0.25) is 4.79 Å². The number of carbonyl (C=O) groups is 1. The molecular formula is C3H5ClO. The second kappa shape index (κ2) is 2.21. The first kappa shape index (κ1) is 4.96. The van der Waals surface area contributed by atoms with Gasteiger partial charge in [-0.05, 0) is 11.6 Å². The molecule has 0 aromatic heterocycles. The Morgan fingerprint density at radius 3 is 2.20 bits per heavy atom. The van der Waals surface area contributed by atoms with Crippen molar-refractivity contribution in [2.45, 2.75) is 13.3 Å². The molecule has 0 aliphatic carbocycles. The van der Waals surface area contributed by atoms with Gasteiger partial charge in [0.25, 0.3) is 0 Å². The van der Waals surface area contributed by atoms with E-state index in [1.807, 2.05) is 0 Å². The third-order valence-corrected chi connectivity index (χ3v) is 0.545. The Bertz CT molecular complexity index is 42.2. The number of rotatable bonds is 1. The summed E-state index contributed by atoms with van der Waals surface area (Å²) in [4.78, 5) is 9.58. The first-order valence-corrected chi connectivity index (χ1v) is 1.83. The zero-order chi connectivity index (χ0) is 4.28. The fourth-order valence-corrected chi connectivity index (χ4v) is 0. The Balaban J connectivity index is 2.85. The van der Waals surface area contributed by atoms with Gasteiger partial charge in [0.15, 0.2) is 0 Å². The Morgan fingerprint density at radius 2 is 2.20 bits per heavy atom. The highest BCUT2D eigenvalue weighted by atomic mass is 35.5. The molecule has 0 unspecified atom stereocenters. The van der Waals surface area contributed by atoms with Crippen molar-refractivity contribution in [2.24, 2.45) is 0 Å². The molecule has 5 heavy (non-hydrogen) atoms. The van der Waals surface area contributed by atoms with Crippen LogP contribution in [0.3, 0.4) is 0 Å². The molecule has 0 aromatic rings. The molecule has 0 rings (SSSR count). The second-order valence-electron chi connectivity index (χ2n) is 0.709. The van der Waals surface area contributed by atoms with E-state index in [4.69, 9.17) is 11.6 Å². The van der Waals surface area contributed by atoms with E-state index < -0.39 is 0 Å². The smallest absolute Gasteiger partial charge is 0.221 e. The van der Waals surface area contributed by atoms with Crippen LogP contribution in [0.15, 0.2) is 0 Å². The van der Waals surface area contributed by atoms with Gasteiger partial charge in [-0.15, -0.1) is 0 Å². The van der Waals surface area contributed by atoms with Crippen molar-refractivity contribution in [3.63, 3.8) is 0 Å². The normalized spacial score (nSPS) is 7.60. The van der Waals surface area contributed by atoms with E-state index in [0.717, 1.165) is 0 Å². The predicted octanol–water partition coefficient (Wildman–Crippen LogP) is 1.16. The highest BCUT2D eigenvalue weighted by Crippen LogP contribution is 1.81. The molecule has 0 spiro atoms. The molecule has 0 amide bonds. The number of hydrogen-bond donors (Lipinski definition) is 0. The number of carbonyl (C=O) groups excluding carboxylic acids is 1. The highest BCUT2D eigenvalue weighted by molar-refractivity contribution is 6.63. The van der Waals surface area contributed by atoms with Gasteiger partial charge in [0.1, 0.15) is 0 Å². The molecule has 0 N–H and O–H groups in total.